The Kier molecular flexibility index (Phi) is 4.66. The largest absolute Gasteiger partial charge is 0.381 e. The predicted octanol–water partition coefficient (Wildman–Crippen LogP) is 1.33. The molecule has 1 N–H and O–H groups in total. The first-order chi connectivity index (χ1) is 8.29. The third-order valence-electron chi connectivity index (χ3n) is 3.87. The molecule has 2 heterocycles. The quantitative estimate of drug-likeness (QED) is 0.583. The van der Waals surface area contributed by atoms with Crippen molar-refractivity contribution >= 4 is 5.96 Å². The Morgan fingerprint density at radius 1 is 1.35 bits per heavy atom. The van der Waals surface area contributed by atoms with E-state index < -0.39 is 0 Å². The van der Waals surface area contributed by atoms with Crippen molar-refractivity contribution in [2.45, 2.75) is 26.2 Å². The number of ether oxygens (including phenoxy) is 1. The van der Waals surface area contributed by atoms with E-state index in [0.717, 1.165) is 44.7 Å². The Labute approximate surface area is 104 Å². The molecule has 17 heavy (non-hydrogen) atoms. The van der Waals surface area contributed by atoms with E-state index in [1.807, 2.05) is 7.05 Å². The number of guanidine groups is 1. The van der Waals surface area contributed by atoms with Gasteiger partial charge in [-0.05, 0) is 25.2 Å². The van der Waals surface area contributed by atoms with Crippen LogP contribution in [0.4, 0.5) is 0 Å². The van der Waals surface area contributed by atoms with Crippen LogP contribution >= 0.6 is 0 Å². The SMILES string of the molecule is CN=C(NCC1CCOC1)N1CCC(C)CC1. The molecule has 98 valence electrons. The molecule has 2 aliphatic heterocycles. The number of aliphatic imine (C=N–C) groups is 1. The second-order valence-corrected chi connectivity index (χ2v) is 5.33. The zero-order valence-electron chi connectivity index (χ0n) is 11.1. The lowest BCUT2D eigenvalue weighted by Crippen LogP contribution is -2.46. The Morgan fingerprint density at radius 2 is 2.12 bits per heavy atom. The number of hydrogen-bond acceptors (Lipinski definition) is 2. The van der Waals surface area contributed by atoms with Crippen LogP contribution < -0.4 is 5.32 Å². The number of rotatable bonds is 2. The number of nitrogens with zero attached hydrogens (tertiary/aromatic N) is 2. The van der Waals surface area contributed by atoms with Gasteiger partial charge in [-0.15, -0.1) is 0 Å². The van der Waals surface area contributed by atoms with Gasteiger partial charge >= 0.3 is 0 Å². The lowest BCUT2D eigenvalue weighted by Gasteiger charge is -2.33. The number of likely N-dealkylation sites (tertiary alicyclic amines) is 1. The van der Waals surface area contributed by atoms with Gasteiger partial charge < -0.3 is 15.0 Å². The number of nitrogens with one attached hydrogen (secondary N) is 1. The summed E-state index contributed by atoms with van der Waals surface area (Å²) in [6.07, 6.45) is 3.75. The highest BCUT2D eigenvalue weighted by atomic mass is 16.5. The molecule has 0 radical (unpaired) electrons. The van der Waals surface area contributed by atoms with Crippen molar-refractivity contribution in [2.75, 3.05) is 39.9 Å². The lowest BCUT2D eigenvalue weighted by molar-refractivity contribution is 0.186. The van der Waals surface area contributed by atoms with Crippen LogP contribution in [0.1, 0.15) is 26.2 Å². The van der Waals surface area contributed by atoms with Gasteiger partial charge in [0, 0.05) is 39.2 Å². The van der Waals surface area contributed by atoms with Crippen LogP contribution in [0.3, 0.4) is 0 Å². The zero-order chi connectivity index (χ0) is 12.1. The molecule has 0 spiro atoms. The minimum atomic E-state index is 0.662. The standard InChI is InChI=1S/C13H25N3O/c1-11-3-6-16(7-4-11)13(14-2)15-9-12-5-8-17-10-12/h11-12H,3-10H2,1-2H3,(H,14,15). The molecule has 0 saturated carbocycles. The summed E-state index contributed by atoms with van der Waals surface area (Å²) in [6.45, 7) is 7.44. The van der Waals surface area contributed by atoms with E-state index in [-0.39, 0.29) is 0 Å². The summed E-state index contributed by atoms with van der Waals surface area (Å²) >= 11 is 0. The van der Waals surface area contributed by atoms with E-state index in [1.165, 1.54) is 19.3 Å². The summed E-state index contributed by atoms with van der Waals surface area (Å²) in [5.41, 5.74) is 0. The first-order valence-corrected chi connectivity index (χ1v) is 6.83. The molecule has 2 fully saturated rings. The maximum absolute atomic E-state index is 5.39. The second kappa shape index (κ2) is 6.24. The highest BCUT2D eigenvalue weighted by Crippen LogP contribution is 2.16. The van der Waals surface area contributed by atoms with E-state index in [2.05, 4.69) is 22.1 Å². The third-order valence-corrected chi connectivity index (χ3v) is 3.87. The van der Waals surface area contributed by atoms with Crippen LogP contribution in [0.15, 0.2) is 4.99 Å². The van der Waals surface area contributed by atoms with Gasteiger partial charge in [0.25, 0.3) is 0 Å². The zero-order valence-corrected chi connectivity index (χ0v) is 11.1. The molecule has 1 atom stereocenters. The molecule has 0 amide bonds. The minimum absolute atomic E-state index is 0.662. The van der Waals surface area contributed by atoms with Crippen LogP contribution in [0.2, 0.25) is 0 Å². The van der Waals surface area contributed by atoms with E-state index in [9.17, 15) is 0 Å². The average Bonchev–Trinajstić information content (AvgIpc) is 2.85. The molecule has 4 nitrogen and oxygen atoms in total. The fourth-order valence-electron chi connectivity index (χ4n) is 2.53. The fourth-order valence-corrected chi connectivity index (χ4v) is 2.53. The van der Waals surface area contributed by atoms with Crippen molar-refractivity contribution in [2.24, 2.45) is 16.8 Å². The highest BCUT2D eigenvalue weighted by molar-refractivity contribution is 5.79. The van der Waals surface area contributed by atoms with Gasteiger partial charge in [0.05, 0.1) is 6.61 Å². The molecule has 0 aromatic heterocycles. The summed E-state index contributed by atoms with van der Waals surface area (Å²) in [5.74, 6) is 2.60. The van der Waals surface area contributed by atoms with E-state index in [4.69, 9.17) is 4.74 Å². The molecule has 4 heteroatoms. The van der Waals surface area contributed by atoms with Gasteiger partial charge in [-0.25, -0.2) is 0 Å². The van der Waals surface area contributed by atoms with Crippen molar-refractivity contribution in [1.29, 1.82) is 0 Å². The van der Waals surface area contributed by atoms with Crippen molar-refractivity contribution in [3.8, 4) is 0 Å². The van der Waals surface area contributed by atoms with Gasteiger partial charge in [-0.3, -0.25) is 4.99 Å². The molecule has 0 aromatic rings. The van der Waals surface area contributed by atoms with E-state index in [1.54, 1.807) is 0 Å². The molecule has 2 saturated heterocycles. The van der Waals surface area contributed by atoms with Crippen LogP contribution in [0, 0.1) is 11.8 Å². The van der Waals surface area contributed by atoms with Crippen LogP contribution in [0.5, 0.6) is 0 Å². The van der Waals surface area contributed by atoms with Gasteiger partial charge in [0.2, 0.25) is 0 Å². The molecular weight excluding hydrogens is 214 g/mol. The number of hydrogen-bond donors (Lipinski definition) is 1. The van der Waals surface area contributed by atoms with Gasteiger partial charge in [0.1, 0.15) is 0 Å². The molecule has 2 rings (SSSR count). The second-order valence-electron chi connectivity index (χ2n) is 5.33. The fraction of sp³-hybridized carbons (Fsp3) is 0.923. The Bertz CT molecular complexity index is 253. The van der Waals surface area contributed by atoms with Crippen LogP contribution in [0.25, 0.3) is 0 Å². The summed E-state index contributed by atoms with van der Waals surface area (Å²) in [7, 11) is 1.88. The molecule has 0 aliphatic carbocycles. The third kappa shape index (κ3) is 3.60. The van der Waals surface area contributed by atoms with Crippen molar-refractivity contribution < 1.29 is 4.74 Å². The van der Waals surface area contributed by atoms with Crippen LogP contribution in [-0.2, 0) is 4.74 Å². The highest BCUT2D eigenvalue weighted by Gasteiger charge is 2.20. The summed E-state index contributed by atoms with van der Waals surface area (Å²) in [5, 5.41) is 3.49. The van der Waals surface area contributed by atoms with Crippen molar-refractivity contribution in [3.63, 3.8) is 0 Å². The first kappa shape index (κ1) is 12.7. The predicted molar refractivity (Wildman–Crippen MR) is 70.3 cm³/mol. The summed E-state index contributed by atoms with van der Waals surface area (Å²) < 4.78 is 5.39. The maximum Gasteiger partial charge on any atom is 0.193 e. The van der Waals surface area contributed by atoms with Gasteiger partial charge in [-0.1, -0.05) is 6.92 Å². The van der Waals surface area contributed by atoms with Gasteiger partial charge in [-0.2, -0.15) is 0 Å². The topological polar surface area (TPSA) is 36.9 Å². The summed E-state index contributed by atoms with van der Waals surface area (Å²) in [6, 6.07) is 0. The summed E-state index contributed by atoms with van der Waals surface area (Å²) in [4.78, 5) is 6.77. The maximum atomic E-state index is 5.39. The van der Waals surface area contributed by atoms with Crippen molar-refractivity contribution in [1.82, 2.24) is 10.2 Å². The molecular formula is C13H25N3O. The molecule has 0 bridgehead atoms. The van der Waals surface area contributed by atoms with Gasteiger partial charge in [0.15, 0.2) is 5.96 Å². The average molecular weight is 239 g/mol. The van der Waals surface area contributed by atoms with Crippen LogP contribution in [-0.4, -0.2) is 50.8 Å². The van der Waals surface area contributed by atoms with E-state index >= 15 is 0 Å². The first-order valence-electron chi connectivity index (χ1n) is 6.83. The molecule has 0 aromatic carbocycles. The minimum Gasteiger partial charge on any atom is -0.381 e. The Morgan fingerprint density at radius 3 is 2.71 bits per heavy atom. The van der Waals surface area contributed by atoms with E-state index in [0.29, 0.717) is 5.92 Å². The molecule has 2 aliphatic rings. The Hall–Kier alpha value is -0.770. The van der Waals surface area contributed by atoms with Crippen molar-refractivity contribution in [3.05, 3.63) is 0 Å². The Balaban J connectivity index is 1.76. The normalized spacial score (nSPS) is 27.5. The smallest absolute Gasteiger partial charge is 0.193 e. The molecule has 1 unspecified atom stereocenters. The monoisotopic (exact) mass is 239 g/mol. The lowest BCUT2D eigenvalue weighted by atomic mass is 9.99. The number of piperidine rings is 1.